The van der Waals surface area contributed by atoms with Crippen LogP contribution in [0.1, 0.15) is 32.3 Å². The molecule has 16 heavy (non-hydrogen) atoms. The van der Waals surface area contributed by atoms with Gasteiger partial charge >= 0.3 is 0 Å². The van der Waals surface area contributed by atoms with E-state index in [-0.39, 0.29) is 4.83 Å². The van der Waals surface area contributed by atoms with Crippen LogP contribution in [-0.4, -0.2) is 4.83 Å². The van der Waals surface area contributed by atoms with Crippen LogP contribution in [-0.2, 0) is 6.42 Å². The van der Waals surface area contributed by atoms with E-state index in [1.165, 1.54) is 12.1 Å². The normalized spacial score (nSPS) is 14.8. The second kappa shape index (κ2) is 6.33. The fourth-order valence-electron chi connectivity index (χ4n) is 1.61. The Morgan fingerprint density at radius 3 is 2.56 bits per heavy atom. The van der Waals surface area contributed by atoms with E-state index < -0.39 is 11.6 Å². The molecule has 0 nitrogen and oxygen atoms in total. The zero-order chi connectivity index (χ0) is 12.1. The Hall–Kier alpha value is -0.440. The molecule has 1 rings (SSSR count). The molecule has 3 heteroatoms. The molecular formula is C13H17BrF2. The third kappa shape index (κ3) is 4.20. The second-order valence-electron chi connectivity index (χ2n) is 4.29. The average Bonchev–Trinajstić information content (AvgIpc) is 2.22. The van der Waals surface area contributed by atoms with Gasteiger partial charge in [-0.2, -0.15) is 0 Å². The van der Waals surface area contributed by atoms with Crippen LogP contribution in [0.4, 0.5) is 8.78 Å². The molecule has 1 aromatic carbocycles. The quantitative estimate of drug-likeness (QED) is 0.689. The summed E-state index contributed by atoms with van der Waals surface area (Å²) in [5, 5.41) is 0. The van der Waals surface area contributed by atoms with Crippen molar-refractivity contribution in [3.05, 3.63) is 35.4 Å². The van der Waals surface area contributed by atoms with E-state index in [2.05, 4.69) is 29.8 Å². The van der Waals surface area contributed by atoms with Crippen molar-refractivity contribution in [2.45, 2.75) is 37.9 Å². The summed E-state index contributed by atoms with van der Waals surface area (Å²) in [6, 6.07) is 3.77. The number of halogens is 3. The van der Waals surface area contributed by atoms with Crippen molar-refractivity contribution < 1.29 is 8.78 Å². The highest BCUT2D eigenvalue weighted by Gasteiger charge is 2.12. The molecule has 0 bridgehead atoms. The van der Waals surface area contributed by atoms with Gasteiger partial charge in [0.2, 0.25) is 0 Å². The Kier molecular flexibility index (Phi) is 5.39. The molecule has 0 aliphatic rings. The van der Waals surface area contributed by atoms with E-state index in [0.29, 0.717) is 17.9 Å². The summed E-state index contributed by atoms with van der Waals surface area (Å²) >= 11 is 3.55. The summed E-state index contributed by atoms with van der Waals surface area (Å²) in [6.07, 6.45) is 2.73. The Labute approximate surface area is 104 Å². The Morgan fingerprint density at radius 1 is 1.31 bits per heavy atom. The molecule has 0 aliphatic carbocycles. The standard InChI is InChI=1S/C13H17BrF2/c1-3-9(2)6-11(14)7-10-4-5-12(15)8-13(10)16/h4-5,8-9,11H,3,6-7H2,1-2H3. The lowest BCUT2D eigenvalue weighted by Crippen LogP contribution is -2.09. The van der Waals surface area contributed by atoms with Crippen LogP contribution in [0.3, 0.4) is 0 Å². The van der Waals surface area contributed by atoms with E-state index >= 15 is 0 Å². The number of alkyl halides is 1. The number of hydrogen-bond acceptors (Lipinski definition) is 0. The fraction of sp³-hybridized carbons (Fsp3) is 0.538. The largest absolute Gasteiger partial charge is 0.207 e. The molecule has 0 fully saturated rings. The maximum Gasteiger partial charge on any atom is 0.129 e. The van der Waals surface area contributed by atoms with Crippen LogP contribution >= 0.6 is 15.9 Å². The molecule has 2 atom stereocenters. The van der Waals surface area contributed by atoms with Crippen molar-refractivity contribution in [2.75, 3.05) is 0 Å². The lowest BCUT2D eigenvalue weighted by atomic mass is 9.99. The van der Waals surface area contributed by atoms with Gasteiger partial charge in [0, 0.05) is 10.9 Å². The summed E-state index contributed by atoms with van der Waals surface area (Å²) in [6.45, 7) is 4.32. The van der Waals surface area contributed by atoms with Gasteiger partial charge in [0.05, 0.1) is 0 Å². The third-order valence-corrected chi connectivity index (χ3v) is 3.51. The summed E-state index contributed by atoms with van der Waals surface area (Å²) in [4.78, 5) is 0.252. The van der Waals surface area contributed by atoms with Gasteiger partial charge in [-0.25, -0.2) is 8.78 Å². The summed E-state index contributed by atoms with van der Waals surface area (Å²) < 4.78 is 26.1. The first-order chi connectivity index (χ1) is 7.52. The Morgan fingerprint density at radius 2 is 2.00 bits per heavy atom. The molecule has 1 aromatic rings. The van der Waals surface area contributed by atoms with Crippen LogP contribution < -0.4 is 0 Å². The van der Waals surface area contributed by atoms with Gasteiger partial charge in [-0.3, -0.25) is 0 Å². The predicted molar refractivity (Wildman–Crippen MR) is 66.8 cm³/mol. The van der Waals surface area contributed by atoms with Crippen molar-refractivity contribution in [3.8, 4) is 0 Å². The smallest absolute Gasteiger partial charge is 0.129 e. The zero-order valence-electron chi connectivity index (χ0n) is 9.64. The first-order valence-electron chi connectivity index (χ1n) is 5.61. The zero-order valence-corrected chi connectivity index (χ0v) is 11.2. The van der Waals surface area contributed by atoms with Crippen molar-refractivity contribution in [3.63, 3.8) is 0 Å². The summed E-state index contributed by atoms with van der Waals surface area (Å²) in [5.74, 6) is -0.351. The highest BCUT2D eigenvalue weighted by Crippen LogP contribution is 2.21. The van der Waals surface area contributed by atoms with Gasteiger partial charge in [0.15, 0.2) is 0 Å². The fourth-order valence-corrected chi connectivity index (χ4v) is 2.60. The summed E-state index contributed by atoms with van der Waals surface area (Å²) in [5.41, 5.74) is 0.576. The molecule has 90 valence electrons. The topological polar surface area (TPSA) is 0 Å². The SMILES string of the molecule is CCC(C)CC(Br)Cc1ccc(F)cc1F. The van der Waals surface area contributed by atoms with Crippen LogP contribution in [0.2, 0.25) is 0 Å². The minimum absolute atomic E-state index is 0.252. The molecule has 0 radical (unpaired) electrons. The molecule has 0 heterocycles. The highest BCUT2D eigenvalue weighted by atomic mass is 79.9. The molecule has 2 unspecified atom stereocenters. The van der Waals surface area contributed by atoms with Gasteiger partial charge in [-0.1, -0.05) is 42.3 Å². The molecular weight excluding hydrogens is 274 g/mol. The van der Waals surface area contributed by atoms with E-state index in [1.54, 1.807) is 0 Å². The predicted octanol–water partition coefficient (Wildman–Crippen LogP) is 4.71. The Bertz CT molecular complexity index is 339. The first-order valence-corrected chi connectivity index (χ1v) is 6.52. The number of rotatable bonds is 5. The highest BCUT2D eigenvalue weighted by molar-refractivity contribution is 9.09. The van der Waals surface area contributed by atoms with Crippen LogP contribution in [0.15, 0.2) is 18.2 Å². The molecule has 0 aromatic heterocycles. The van der Waals surface area contributed by atoms with Crippen molar-refractivity contribution in [1.29, 1.82) is 0 Å². The van der Waals surface area contributed by atoms with Gasteiger partial charge in [-0.15, -0.1) is 0 Å². The minimum atomic E-state index is -0.519. The lowest BCUT2D eigenvalue weighted by molar-refractivity contribution is 0.501. The van der Waals surface area contributed by atoms with Crippen molar-refractivity contribution in [2.24, 2.45) is 5.92 Å². The van der Waals surface area contributed by atoms with Gasteiger partial charge in [0.1, 0.15) is 11.6 Å². The average molecular weight is 291 g/mol. The lowest BCUT2D eigenvalue weighted by Gasteiger charge is -2.14. The van der Waals surface area contributed by atoms with Crippen molar-refractivity contribution in [1.82, 2.24) is 0 Å². The van der Waals surface area contributed by atoms with E-state index in [0.717, 1.165) is 18.9 Å². The summed E-state index contributed by atoms with van der Waals surface area (Å²) in [7, 11) is 0. The van der Waals surface area contributed by atoms with Crippen LogP contribution in [0.25, 0.3) is 0 Å². The second-order valence-corrected chi connectivity index (χ2v) is 5.58. The molecule has 0 amide bonds. The third-order valence-electron chi connectivity index (χ3n) is 2.81. The monoisotopic (exact) mass is 290 g/mol. The van der Waals surface area contributed by atoms with E-state index in [1.807, 2.05) is 0 Å². The minimum Gasteiger partial charge on any atom is -0.207 e. The molecule has 0 aliphatic heterocycles. The van der Waals surface area contributed by atoms with Gasteiger partial charge in [0.25, 0.3) is 0 Å². The van der Waals surface area contributed by atoms with Gasteiger partial charge in [-0.05, 0) is 30.4 Å². The molecule has 0 spiro atoms. The Balaban J connectivity index is 2.59. The number of benzene rings is 1. The molecule has 0 saturated carbocycles. The maximum absolute atomic E-state index is 13.4. The van der Waals surface area contributed by atoms with E-state index in [4.69, 9.17) is 0 Å². The maximum atomic E-state index is 13.4. The van der Waals surface area contributed by atoms with Crippen LogP contribution in [0, 0.1) is 17.6 Å². The van der Waals surface area contributed by atoms with Gasteiger partial charge < -0.3 is 0 Å². The van der Waals surface area contributed by atoms with Crippen molar-refractivity contribution >= 4 is 15.9 Å². The van der Waals surface area contributed by atoms with Crippen LogP contribution in [0.5, 0.6) is 0 Å². The molecule has 0 N–H and O–H groups in total. The number of hydrogen-bond donors (Lipinski definition) is 0. The molecule has 0 saturated heterocycles. The first kappa shape index (κ1) is 13.6. The van der Waals surface area contributed by atoms with E-state index in [9.17, 15) is 8.78 Å².